The maximum atomic E-state index is 6.38. The lowest BCUT2D eigenvalue weighted by Gasteiger charge is -2.29. The molecule has 3 aromatic heterocycles. The number of ether oxygens (including phenoxy) is 1. The maximum Gasteiger partial charge on any atom is 0.154 e. The molecule has 6 nitrogen and oxygen atoms in total. The summed E-state index contributed by atoms with van der Waals surface area (Å²) >= 11 is 1.74. The zero-order valence-electron chi connectivity index (χ0n) is 15.5. The second-order valence-corrected chi connectivity index (χ2v) is 7.99. The van der Waals surface area contributed by atoms with Crippen molar-refractivity contribution in [3.63, 3.8) is 0 Å². The number of anilines is 1. The van der Waals surface area contributed by atoms with Crippen LogP contribution in [-0.4, -0.2) is 33.9 Å². The molecule has 138 valence electrons. The van der Waals surface area contributed by atoms with Gasteiger partial charge in [0.05, 0.1) is 13.2 Å². The number of hydrogen-bond acceptors (Lipinski definition) is 6. The highest BCUT2D eigenvalue weighted by atomic mass is 32.1. The second kappa shape index (κ2) is 6.98. The second-order valence-electron chi connectivity index (χ2n) is 6.96. The molecular weight excluding hydrogens is 346 g/mol. The van der Waals surface area contributed by atoms with Gasteiger partial charge in [-0.3, -0.25) is 0 Å². The molecule has 0 saturated carbocycles. The van der Waals surface area contributed by atoms with Crippen molar-refractivity contribution >= 4 is 22.7 Å². The van der Waals surface area contributed by atoms with Gasteiger partial charge in [-0.15, -0.1) is 11.3 Å². The van der Waals surface area contributed by atoms with Crippen LogP contribution in [0.25, 0.3) is 5.52 Å². The number of fused-ring (bicyclic) bond motifs is 1. The minimum Gasteiger partial charge on any atom is -0.380 e. The summed E-state index contributed by atoms with van der Waals surface area (Å²) in [6, 6.07) is 4.22. The third-order valence-corrected chi connectivity index (χ3v) is 6.08. The first-order valence-electron chi connectivity index (χ1n) is 9.02. The van der Waals surface area contributed by atoms with Crippen LogP contribution in [-0.2, 0) is 11.3 Å². The summed E-state index contributed by atoms with van der Waals surface area (Å²) in [7, 11) is 0. The summed E-state index contributed by atoms with van der Waals surface area (Å²) in [5, 5.41) is 10.3. The van der Waals surface area contributed by atoms with Crippen LogP contribution >= 0.6 is 11.3 Å². The molecule has 1 unspecified atom stereocenters. The highest BCUT2D eigenvalue weighted by Gasteiger charge is 2.30. The lowest BCUT2D eigenvalue weighted by atomic mass is 9.86. The van der Waals surface area contributed by atoms with Gasteiger partial charge in [-0.1, -0.05) is 6.07 Å². The largest absolute Gasteiger partial charge is 0.380 e. The van der Waals surface area contributed by atoms with Crippen molar-refractivity contribution in [2.45, 2.75) is 45.7 Å². The predicted molar refractivity (Wildman–Crippen MR) is 105 cm³/mol. The number of aromatic nitrogens is 3. The standard InChI is InChI=1S/C19H25N5OS/c1-11-17(15-6-7-25-10-16(15)20)12(2)24-18(11)19(22-13(3)23-24)21-9-14-5-4-8-26-14/h4-5,8,15-16H,6-7,9-10,20H2,1-3H3,(H,21,22,23)/t15-,16?/m0/s1. The van der Waals surface area contributed by atoms with E-state index in [2.05, 4.69) is 46.8 Å². The molecule has 26 heavy (non-hydrogen) atoms. The molecule has 1 aliphatic heterocycles. The summed E-state index contributed by atoms with van der Waals surface area (Å²) < 4.78 is 7.57. The van der Waals surface area contributed by atoms with E-state index in [-0.39, 0.29) is 6.04 Å². The van der Waals surface area contributed by atoms with E-state index in [0.717, 1.165) is 42.4 Å². The number of aryl methyl sites for hydroxylation is 3. The van der Waals surface area contributed by atoms with Crippen LogP contribution in [0.15, 0.2) is 17.5 Å². The lowest BCUT2D eigenvalue weighted by molar-refractivity contribution is 0.0694. The zero-order valence-corrected chi connectivity index (χ0v) is 16.3. The number of rotatable bonds is 4. The van der Waals surface area contributed by atoms with Gasteiger partial charge in [0.25, 0.3) is 0 Å². The Morgan fingerprint density at radius 3 is 2.96 bits per heavy atom. The fourth-order valence-corrected chi connectivity index (χ4v) is 4.64. The van der Waals surface area contributed by atoms with Gasteiger partial charge in [0, 0.05) is 29.1 Å². The third-order valence-electron chi connectivity index (χ3n) is 5.20. The minimum atomic E-state index is 0.0233. The van der Waals surface area contributed by atoms with Gasteiger partial charge in [-0.2, -0.15) is 5.10 Å². The molecule has 3 N–H and O–H groups in total. The molecule has 3 aromatic rings. The molecule has 0 aliphatic carbocycles. The van der Waals surface area contributed by atoms with Gasteiger partial charge >= 0.3 is 0 Å². The summed E-state index contributed by atoms with van der Waals surface area (Å²) in [4.78, 5) is 5.97. The molecule has 4 heterocycles. The van der Waals surface area contributed by atoms with Gasteiger partial charge in [-0.05, 0) is 49.8 Å². The lowest BCUT2D eigenvalue weighted by Crippen LogP contribution is -2.38. The number of nitrogens with one attached hydrogen (secondary N) is 1. The van der Waals surface area contributed by atoms with E-state index >= 15 is 0 Å². The van der Waals surface area contributed by atoms with Gasteiger partial charge in [0.15, 0.2) is 5.82 Å². The minimum absolute atomic E-state index is 0.0233. The first-order valence-corrected chi connectivity index (χ1v) is 9.90. The summed E-state index contributed by atoms with van der Waals surface area (Å²) in [5.74, 6) is 1.95. The van der Waals surface area contributed by atoms with Crippen molar-refractivity contribution in [3.8, 4) is 0 Å². The van der Waals surface area contributed by atoms with Crippen LogP contribution < -0.4 is 11.1 Å². The number of nitrogens with zero attached hydrogens (tertiary/aromatic N) is 3. The molecule has 7 heteroatoms. The average molecular weight is 372 g/mol. The van der Waals surface area contributed by atoms with Gasteiger partial charge < -0.3 is 15.8 Å². The Morgan fingerprint density at radius 2 is 2.23 bits per heavy atom. The Bertz CT molecular complexity index is 918. The Kier molecular flexibility index (Phi) is 4.69. The third kappa shape index (κ3) is 3.00. The molecule has 0 radical (unpaired) electrons. The Hall–Kier alpha value is -1.96. The molecule has 0 amide bonds. The summed E-state index contributed by atoms with van der Waals surface area (Å²) in [5.41, 5.74) is 11.1. The van der Waals surface area contributed by atoms with Crippen LogP contribution in [0.2, 0.25) is 0 Å². The molecule has 2 atom stereocenters. The molecule has 4 rings (SSSR count). The van der Waals surface area contributed by atoms with E-state index in [1.54, 1.807) is 11.3 Å². The van der Waals surface area contributed by atoms with Crippen molar-refractivity contribution in [2.75, 3.05) is 18.5 Å². The van der Waals surface area contributed by atoms with Crippen LogP contribution in [0.4, 0.5) is 5.82 Å². The first kappa shape index (κ1) is 17.5. The van der Waals surface area contributed by atoms with Gasteiger partial charge in [0.2, 0.25) is 0 Å². The van der Waals surface area contributed by atoms with Crippen molar-refractivity contribution in [1.29, 1.82) is 0 Å². The van der Waals surface area contributed by atoms with Crippen molar-refractivity contribution < 1.29 is 4.74 Å². The van der Waals surface area contributed by atoms with Crippen LogP contribution in [0.3, 0.4) is 0 Å². The van der Waals surface area contributed by atoms with Crippen LogP contribution in [0, 0.1) is 20.8 Å². The van der Waals surface area contributed by atoms with Crippen LogP contribution in [0.5, 0.6) is 0 Å². The summed E-state index contributed by atoms with van der Waals surface area (Å²) in [6.45, 7) is 8.37. The molecular formula is C19H25N5OS. The number of nitrogens with two attached hydrogens (primary N) is 1. The van der Waals surface area contributed by atoms with E-state index in [9.17, 15) is 0 Å². The van der Waals surface area contributed by atoms with E-state index < -0.39 is 0 Å². The number of hydrogen-bond donors (Lipinski definition) is 2. The average Bonchev–Trinajstić information content (AvgIpc) is 3.22. The van der Waals surface area contributed by atoms with E-state index in [1.165, 1.54) is 16.0 Å². The normalized spacial score (nSPS) is 20.6. The highest BCUT2D eigenvalue weighted by molar-refractivity contribution is 7.09. The zero-order chi connectivity index (χ0) is 18.3. The smallest absolute Gasteiger partial charge is 0.154 e. The fourth-order valence-electron chi connectivity index (χ4n) is 4.00. The Balaban J connectivity index is 1.79. The topological polar surface area (TPSA) is 77.5 Å². The van der Waals surface area contributed by atoms with Crippen LogP contribution in [0.1, 0.15) is 39.9 Å². The van der Waals surface area contributed by atoms with Gasteiger partial charge in [0.1, 0.15) is 11.3 Å². The van der Waals surface area contributed by atoms with Crippen molar-refractivity contribution in [2.24, 2.45) is 5.73 Å². The maximum absolute atomic E-state index is 6.38. The Labute approximate surface area is 157 Å². The molecule has 0 bridgehead atoms. The monoisotopic (exact) mass is 371 g/mol. The van der Waals surface area contributed by atoms with Gasteiger partial charge in [-0.25, -0.2) is 9.50 Å². The SMILES string of the molecule is Cc1nc(NCc2cccs2)c2c(C)c([C@H]3CCOCC3N)c(C)n2n1. The highest BCUT2D eigenvalue weighted by Crippen LogP contribution is 2.36. The molecule has 1 saturated heterocycles. The number of thiophene rings is 1. The van der Waals surface area contributed by atoms with Crippen molar-refractivity contribution in [3.05, 3.63) is 45.0 Å². The molecule has 1 aliphatic rings. The fraction of sp³-hybridized carbons (Fsp3) is 0.474. The Morgan fingerprint density at radius 1 is 1.38 bits per heavy atom. The van der Waals surface area contributed by atoms with E-state index in [0.29, 0.717) is 12.5 Å². The molecule has 1 fully saturated rings. The summed E-state index contributed by atoms with van der Waals surface area (Å²) in [6.07, 6.45) is 0.949. The molecule has 0 aromatic carbocycles. The predicted octanol–water partition coefficient (Wildman–Crippen LogP) is 3.16. The van der Waals surface area contributed by atoms with E-state index in [4.69, 9.17) is 10.5 Å². The quantitative estimate of drug-likeness (QED) is 0.737. The van der Waals surface area contributed by atoms with Crippen molar-refractivity contribution in [1.82, 2.24) is 14.6 Å². The van der Waals surface area contributed by atoms with E-state index in [1.807, 2.05) is 11.4 Å². The molecule has 0 spiro atoms. The first-order chi connectivity index (χ1) is 12.6.